The third kappa shape index (κ3) is 2.30. The van der Waals surface area contributed by atoms with Gasteiger partial charge in [0.25, 0.3) is 5.91 Å². The monoisotopic (exact) mass is 233 g/mol. The highest BCUT2D eigenvalue weighted by Crippen LogP contribution is 2.49. The van der Waals surface area contributed by atoms with Crippen LogP contribution in [0.15, 0.2) is 30.3 Å². The van der Waals surface area contributed by atoms with Crippen molar-refractivity contribution >= 4 is 11.9 Å². The van der Waals surface area contributed by atoms with Gasteiger partial charge in [0.1, 0.15) is 0 Å². The second-order valence-electron chi connectivity index (χ2n) is 4.20. The zero-order valence-electron chi connectivity index (χ0n) is 9.73. The smallest absolute Gasteiger partial charge is 0.317 e. The molecule has 1 aromatic carbocycles. The highest BCUT2D eigenvalue weighted by molar-refractivity contribution is 5.88. The van der Waals surface area contributed by atoms with Gasteiger partial charge in [-0.25, -0.2) is 0 Å². The van der Waals surface area contributed by atoms with E-state index in [2.05, 4.69) is 5.32 Å². The van der Waals surface area contributed by atoms with E-state index in [-0.39, 0.29) is 18.5 Å². The third-order valence-corrected chi connectivity index (χ3v) is 3.08. The predicted molar refractivity (Wildman–Crippen MR) is 62.4 cm³/mol. The van der Waals surface area contributed by atoms with Gasteiger partial charge in [0.15, 0.2) is 6.61 Å². The fraction of sp³-hybridized carbons (Fsp3) is 0.385. The first kappa shape index (κ1) is 11.6. The molecular weight excluding hydrogens is 218 g/mol. The van der Waals surface area contributed by atoms with Crippen LogP contribution in [0.25, 0.3) is 0 Å². The van der Waals surface area contributed by atoms with Gasteiger partial charge in [-0.15, -0.1) is 0 Å². The van der Waals surface area contributed by atoms with Crippen molar-refractivity contribution in [3.05, 3.63) is 35.9 Å². The molecule has 0 unspecified atom stereocenters. The number of carbonyl (C=O) groups excluding carboxylic acids is 2. The molecule has 0 aliphatic heterocycles. The molecule has 4 heteroatoms. The Morgan fingerprint density at radius 3 is 2.47 bits per heavy atom. The van der Waals surface area contributed by atoms with Crippen molar-refractivity contribution in [3.8, 4) is 0 Å². The number of nitrogens with one attached hydrogen (secondary N) is 1. The Balaban J connectivity index is 2.02. The number of ether oxygens (including phenoxy) is 1. The van der Waals surface area contributed by atoms with Gasteiger partial charge in [-0.05, 0) is 18.4 Å². The van der Waals surface area contributed by atoms with Crippen LogP contribution in [-0.2, 0) is 19.7 Å². The molecule has 0 saturated heterocycles. The van der Waals surface area contributed by atoms with Crippen molar-refractivity contribution in [1.29, 1.82) is 0 Å². The van der Waals surface area contributed by atoms with Crippen LogP contribution in [-0.4, -0.2) is 25.5 Å². The summed E-state index contributed by atoms with van der Waals surface area (Å²) in [5.74, 6) is -0.588. The Bertz CT molecular complexity index is 424. The number of hydrogen-bond donors (Lipinski definition) is 1. The van der Waals surface area contributed by atoms with Gasteiger partial charge in [-0.2, -0.15) is 0 Å². The fourth-order valence-corrected chi connectivity index (χ4v) is 1.83. The molecule has 2 rings (SSSR count). The molecule has 1 fully saturated rings. The van der Waals surface area contributed by atoms with Crippen LogP contribution in [0.4, 0.5) is 0 Å². The van der Waals surface area contributed by atoms with Crippen molar-refractivity contribution in [2.75, 3.05) is 13.7 Å². The first-order chi connectivity index (χ1) is 8.19. The third-order valence-electron chi connectivity index (χ3n) is 3.08. The van der Waals surface area contributed by atoms with Crippen LogP contribution in [0, 0.1) is 0 Å². The van der Waals surface area contributed by atoms with Gasteiger partial charge < -0.3 is 10.1 Å². The van der Waals surface area contributed by atoms with E-state index < -0.39 is 5.41 Å². The van der Waals surface area contributed by atoms with Gasteiger partial charge in [0, 0.05) is 7.05 Å². The largest absolute Gasteiger partial charge is 0.455 e. The fourth-order valence-electron chi connectivity index (χ4n) is 1.83. The Hall–Kier alpha value is -1.84. The molecular formula is C13H15NO3. The summed E-state index contributed by atoms with van der Waals surface area (Å²) in [6.07, 6.45) is 1.59. The quantitative estimate of drug-likeness (QED) is 0.789. The van der Waals surface area contributed by atoms with Gasteiger partial charge >= 0.3 is 5.97 Å². The summed E-state index contributed by atoms with van der Waals surface area (Å²) >= 11 is 0. The lowest BCUT2D eigenvalue weighted by Crippen LogP contribution is -2.30. The van der Waals surface area contributed by atoms with Crippen molar-refractivity contribution in [3.63, 3.8) is 0 Å². The topological polar surface area (TPSA) is 55.4 Å². The van der Waals surface area contributed by atoms with Crippen molar-refractivity contribution in [1.82, 2.24) is 5.32 Å². The first-order valence-electron chi connectivity index (χ1n) is 5.62. The van der Waals surface area contributed by atoms with Crippen LogP contribution in [0.5, 0.6) is 0 Å². The molecule has 17 heavy (non-hydrogen) atoms. The maximum atomic E-state index is 11.9. The van der Waals surface area contributed by atoms with E-state index in [0.717, 1.165) is 18.4 Å². The minimum absolute atomic E-state index is 0.204. The summed E-state index contributed by atoms with van der Waals surface area (Å²) in [4.78, 5) is 23.0. The van der Waals surface area contributed by atoms with E-state index in [0.29, 0.717) is 0 Å². The second kappa shape index (κ2) is 4.57. The molecule has 0 atom stereocenters. The normalized spacial score (nSPS) is 16.1. The Labute approximate surface area is 100.0 Å². The lowest BCUT2D eigenvalue weighted by Gasteiger charge is -2.14. The highest BCUT2D eigenvalue weighted by atomic mass is 16.5. The van der Waals surface area contributed by atoms with Crippen molar-refractivity contribution in [2.24, 2.45) is 0 Å². The molecule has 4 nitrogen and oxygen atoms in total. The molecule has 1 aliphatic carbocycles. The van der Waals surface area contributed by atoms with Gasteiger partial charge in [0.05, 0.1) is 5.41 Å². The van der Waals surface area contributed by atoms with Crippen LogP contribution in [0.2, 0.25) is 0 Å². The van der Waals surface area contributed by atoms with Crippen LogP contribution >= 0.6 is 0 Å². The molecule has 0 spiro atoms. The summed E-state index contributed by atoms with van der Waals surface area (Å²) in [6, 6.07) is 9.57. The van der Waals surface area contributed by atoms with Crippen LogP contribution in [0.3, 0.4) is 0 Å². The Kier molecular flexibility index (Phi) is 3.13. The number of rotatable bonds is 4. The number of hydrogen-bond acceptors (Lipinski definition) is 3. The zero-order chi connectivity index (χ0) is 12.3. The summed E-state index contributed by atoms with van der Waals surface area (Å²) < 4.78 is 5.03. The Morgan fingerprint density at radius 2 is 1.94 bits per heavy atom. The molecule has 90 valence electrons. The summed E-state index contributed by atoms with van der Waals surface area (Å²) in [5, 5.41) is 2.42. The SMILES string of the molecule is CNC(=O)COC(=O)C1(c2ccccc2)CC1. The van der Waals surface area contributed by atoms with E-state index >= 15 is 0 Å². The van der Waals surface area contributed by atoms with Crippen molar-refractivity contribution in [2.45, 2.75) is 18.3 Å². The molecule has 1 amide bonds. The minimum atomic E-state index is -0.505. The standard InChI is InChI=1S/C13H15NO3/c1-14-11(15)9-17-12(16)13(7-8-13)10-5-3-2-4-6-10/h2-6H,7-9H2,1H3,(H,14,15). The maximum absolute atomic E-state index is 11.9. The molecule has 0 radical (unpaired) electrons. The number of carbonyl (C=O) groups is 2. The lowest BCUT2D eigenvalue weighted by atomic mass is 9.96. The minimum Gasteiger partial charge on any atom is -0.455 e. The number of esters is 1. The number of likely N-dealkylation sites (N-methyl/N-ethyl adjacent to an activating group) is 1. The number of amides is 1. The summed E-state index contributed by atoms with van der Waals surface area (Å²) in [6.45, 7) is -0.204. The summed E-state index contributed by atoms with van der Waals surface area (Å²) in [7, 11) is 1.51. The molecule has 1 aromatic rings. The first-order valence-corrected chi connectivity index (χ1v) is 5.62. The van der Waals surface area contributed by atoms with Gasteiger partial charge in [0.2, 0.25) is 0 Å². The zero-order valence-corrected chi connectivity index (χ0v) is 9.73. The Morgan fingerprint density at radius 1 is 1.29 bits per heavy atom. The van der Waals surface area contributed by atoms with E-state index in [1.165, 1.54) is 7.05 Å². The predicted octanol–water partition coefficient (Wildman–Crippen LogP) is 1.01. The van der Waals surface area contributed by atoms with E-state index in [1.807, 2.05) is 30.3 Å². The highest BCUT2D eigenvalue weighted by Gasteiger charge is 2.52. The van der Waals surface area contributed by atoms with Crippen LogP contribution in [0.1, 0.15) is 18.4 Å². The lowest BCUT2D eigenvalue weighted by molar-refractivity contribution is -0.151. The molecule has 1 saturated carbocycles. The van der Waals surface area contributed by atoms with E-state index in [9.17, 15) is 9.59 Å². The molecule has 1 aliphatic rings. The maximum Gasteiger partial charge on any atom is 0.317 e. The van der Waals surface area contributed by atoms with E-state index in [1.54, 1.807) is 0 Å². The summed E-state index contributed by atoms with van der Waals surface area (Å²) in [5.41, 5.74) is 0.469. The molecule has 0 heterocycles. The molecule has 0 aromatic heterocycles. The molecule has 0 bridgehead atoms. The second-order valence-corrected chi connectivity index (χ2v) is 4.20. The average Bonchev–Trinajstić information content (AvgIpc) is 3.18. The van der Waals surface area contributed by atoms with Crippen LogP contribution < -0.4 is 5.32 Å². The molecule has 1 N–H and O–H groups in total. The van der Waals surface area contributed by atoms with Crippen molar-refractivity contribution < 1.29 is 14.3 Å². The van der Waals surface area contributed by atoms with Gasteiger partial charge in [-0.3, -0.25) is 9.59 Å². The van der Waals surface area contributed by atoms with Gasteiger partial charge in [-0.1, -0.05) is 30.3 Å². The number of benzene rings is 1. The van der Waals surface area contributed by atoms with E-state index in [4.69, 9.17) is 4.74 Å². The average molecular weight is 233 g/mol.